The van der Waals surface area contributed by atoms with E-state index < -0.39 is 5.97 Å². The van der Waals surface area contributed by atoms with E-state index in [-0.39, 0.29) is 24.9 Å². The molecule has 170 valence electrons. The number of nitrogens with zero attached hydrogens (tertiary/aromatic N) is 3. The van der Waals surface area contributed by atoms with E-state index in [1.165, 1.54) is 23.1 Å². The number of hydrogen-bond donors (Lipinski definition) is 1. The number of nitrogens with one attached hydrogen (secondary N) is 1. The summed E-state index contributed by atoms with van der Waals surface area (Å²) < 4.78 is 12.8. The molecule has 3 rings (SSSR count). The van der Waals surface area contributed by atoms with Crippen LogP contribution in [0.3, 0.4) is 0 Å². The van der Waals surface area contributed by atoms with Gasteiger partial charge in [-0.15, -0.1) is 21.5 Å². The molecule has 0 bridgehead atoms. The summed E-state index contributed by atoms with van der Waals surface area (Å²) >= 11 is 2.60. The number of esters is 1. The molecule has 10 heteroatoms. The Morgan fingerprint density at radius 3 is 2.75 bits per heavy atom. The number of aryl methyl sites for hydroxylation is 2. The Kier molecular flexibility index (Phi) is 7.92. The lowest BCUT2D eigenvalue weighted by Crippen LogP contribution is -2.16. The van der Waals surface area contributed by atoms with Crippen molar-refractivity contribution in [1.82, 2.24) is 14.8 Å². The van der Waals surface area contributed by atoms with E-state index in [9.17, 15) is 9.59 Å². The second kappa shape index (κ2) is 10.6. The number of benzene rings is 1. The third-order valence-corrected chi connectivity index (χ3v) is 6.76. The van der Waals surface area contributed by atoms with Crippen LogP contribution < -0.4 is 10.1 Å². The molecule has 0 aliphatic heterocycles. The van der Waals surface area contributed by atoms with Crippen LogP contribution in [0.15, 0.2) is 29.4 Å². The van der Waals surface area contributed by atoms with Gasteiger partial charge >= 0.3 is 5.97 Å². The molecular formula is C22H26N4O4S2. The summed E-state index contributed by atoms with van der Waals surface area (Å²) in [7, 11) is 1.84. The molecule has 1 amide bonds. The van der Waals surface area contributed by atoms with Gasteiger partial charge in [0.1, 0.15) is 17.4 Å². The summed E-state index contributed by atoms with van der Waals surface area (Å²) in [6, 6.07) is 7.64. The molecule has 1 aromatic carbocycles. The van der Waals surface area contributed by atoms with Gasteiger partial charge in [-0.05, 0) is 51.0 Å². The van der Waals surface area contributed by atoms with E-state index in [1.807, 2.05) is 50.6 Å². The zero-order valence-corrected chi connectivity index (χ0v) is 20.4. The lowest BCUT2D eigenvalue weighted by molar-refractivity contribution is -0.113. The van der Waals surface area contributed by atoms with Crippen molar-refractivity contribution in [1.29, 1.82) is 0 Å². The first-order valence-electron chi connectivity index (χ1n) is 10.1. The van der Waals surface area contributed by atoms with Gasteiger partial charge in [0.05, 0.1) is 17.9 Å². The summed E-state index contributed by atoms with van der Waals surface area (Å²) in [5, 5.41) is 12.2. The van der Waals surface area contributed by atoms with Crippen LogP contribution >= 0.6 is 23.1 Å². The number of hydrogen-bond acceptors (Lipinski definition) is 8. The summed E-state index contributed by atoms with van der Waals surface area (Å²) in [5.41, 5.74) is 2.62. The van der Waals surface area contributed by atoms with Gasteiger partial charge in [-0.25, -0.2) is 4.79 Å². The summed E-state index contributed by atoms with van der Waals surface area (Å²) in [5.74, 6) is 0.918. The highest BCUT2D eigenvalue weighted by Gasteiger charge is 2.19. The van der Waals surface area contributed by atoms with Crippen LogP contribution in [-0.2, 0) is 23.2 Å². The molecule has 0 saturated heterocycles. The Labute approximate surface area is 195 Å². The molecule has 1 N–H and O–H groups in total. The second-order valence-electron chi connectivity index (χ2n) is 7.10. The molecule has 3 aromatic rings. The number of ether oxygens (including phenoxy) is 2. The van der Waals surface area contributed by atoms with E-state index >= 15 is 0 Å². The smallest absolute Gasteiger partial charge is 0.341 e. The SMILES string of the molecule is CCOC(=O)c1cc(C)sc1NC(=O)CSc1nnc(COc2cccc(C)c2C)n1C. The maximum Gasteiger partial charge on any atom is 0.341 e. The minimum atomic E-state index is -0.443. The molecule has 0 saturated carbocycles. The molecule has 0 spiro atoms. The maximum atomic E-state index is 12.5. The number of carbonyl (C=O) groups excluding carboxylic acids is 2. The zero-order valence-electron chi connectivity index (χ0n) is 18.7. The third kappa shape index (κ3) is 5.68. The maximum absolute atomic E-state index is 12.5. The Balaban J connectivity index is 1.58. The van der Waals surface area contributed by atoms with Gasteiger partial charge in [0.15, 0.2) is 11.0 Å². The normalized spacial score (nSPS) is 10.8. The predicted molar refractivity (Wildman–Crippen MR) is 126 cm³/mol. The van der Waals surface area contributed by atoms with Gasteiger partial charge in [0.25, 0.3) is 0 Å². The fourth-order valence-corrected chi connectivity index (χ4v) is 4.53. The van der Waals surface area contributed by atoms with Crippen molar-refractivity contribution in [3.63, 3.8) is 0 Å². The van der Waals surface area contributed by atoms with Crippen molar-refractivity contribution >= 4 is 40.0 Å². The average Bonchev–Trinajstić information content (AvgIpc) is 3.29. The molecule has 0 aliphatic rings. The lowest BCUT2D eigenvalue weighted by atomic mass is 10.1. The minimum absolute atomic E-state index is 0.128. The van der Waals surface area contributed by atoms with Crippen LogP contribution in [0.4, 0.5) is 5.00 Å². The van der Waals surface area contributed by atoms with E-state index in [0.29, 0.717) is 21.5 Å². The summed E-state index contributed by atoms with van der Waals surface area (Å²) in [6.07, 6.45) is 0. The standard InChI is InChI=1S/C22H26N4O4S2/c1-6-29-21(28)16-10-14(3)32-20(16)23-19(27)12-31-22-25-24-18(26(22)5)11-30-17-9-7-8-13(2)15(17)4/h7-10H,6,11-12H2,1-5H3,(H,23,27). The van der Waals surface area contributed by atoms with Crippen LogP contribution in [0.2, 0.25) is 0 Å². The largest absolute Gasteiger partial charge is 0.485 e. The average molecular weight is 475 g/mol. The van der Waals surface area contributed by atoms with Crippen LogP contribution in [0.25, 0.3) is 0 Å². The van der Waals surface area contributed by atoms with Crippen LogP contribution in [-0.4, -0.2) is 39.0 Å². The fourth-order valence-electron chi connectivity index (χ4n) is 2.88. The van der Waals surface area contributed by atoms with E-state index in [1.54, 1.807) is 13.0 Å². The van der Waals surface area contributed by atoms with Crippen LogP contribution in [0.5, 0.6) is 5.75 Å². The molecule has 0 radical (unpaired) electrons. The molecule has 32 heavy (non-hydrogen) atoms. The van der Waals surface area contributed by atoms with Crippen molar-refractivity contribution in [2.45, 2.75) is 39.5 Å². The number of amides is 1. The molecular weight excluding hydrogens is 448 g/mol. The van der Waals surface area contributed by atoms with Gasteiger partial charge in [0.2, 0.25) is 5.91 Å². The molecule has 0 fully saturated rings. The molecule has 2 aromatic heterocycles. The highest BCUT2D eigenvalue weighted by Crippen LogP contribution is 2.29. The number of anilines is 1. The zero-order chi connectivity index (χ0) is 23.3. The molecule has 0 aliphatic carbocycles. The van der Waals surface area contributed by atoms with E-state index in [4.69, 9.17) is 9.47 Å². The minimum Gasteiger partial charge on any atom is -0.485 e. The van der Waals surface area contributed by atoms with Crippen molar-refractivity contribution in [2.24, 2.45) is 7.05 Å². The highest BCUT2D eigenvalue weighted by atomic mass is 32.2. The topological polar surface area (TPSA) is 95.3 Å². The van der Waals surface area contributed by atoms with E-state index in [0.717, 1.165) is 21.8 Å². The first-order valence-corrected chi connectivity index (χ1v) is 11.9. The van der Waals surface area contributed by atoms with Gasteiger partial charge in [0, 0.05) is 11.9 Å². The van der Waals surface area contributed by atoms with Crippen LogP contribution in [0, 0.1) is 20.8 Å². The van der Waals surface area contributed by atoms with Gasteiger partial charge in [-0.2, -0.15) is 0 Å². The summed E-state index contributed by atoms with van der Waals surface area (Å²) in [4.78, 5) is 25.5. The first kappa shape index (κ1) is 23.8. The van der Waals surface area contributed by atoms with Crippen molar-refractivity contribution in [3.8, 4) is 5.75 Å². The summed E-state index contributed by atoms with van der Waals surface area (Å²) in [6.45, 7) is 8.23. The lowest BCUT2D eigenvalue weighted by Gasteiger charge is -2.10. The van der Waals surface area contributed by atoms with Crippen LogP contribution in [0.1, 0.15) is 39.1 Å². The van der Waals surface area contributed by atoms with E-state index in [2.05, 4.69) is 15.5 Å². The number of thioether (sulfide) groups is 1. The van der Waals surface area contributed by atoms with Gasteiger partial charge < -0.3 is 19.4 Å². The Hall–Kier alpha value is -2.85. The van der Waals surface area contributed by atoms with Crippen molar-refractivity contribution in [2.75, 3.05) is 17.7 Å². The van der Waals surface area contributed by atoms with Gasteiger partial charge in [-0.3, -0.25) is 4.79 Å². The van der Waals surface area contributed by atoms with Gasteiger partial charge in [-0.1, -0.05) is 23.9 Å². The molecule has 0 atom stereocenters. The molecule has 2 heterocycles. The second-order valence-corrected chi connectivity index (χ2v) is 9.30. The number of thiophene rings is 1. The van der Waals surface area contributed by atoms with Crippen molar-refractivity contribution < 1.29 is 19.1 Å². The highest BCUT2D eigenvalue weighted by molar-refractivity contribution is 7.99. The van der Waals surface area contributed by atoms with Crippen molar-refractivity contribution in [3.05, 3.63) is 51.7 Å². The fraction of sp³-hybridized carbons (Fsp3) is 0.364. The number of carbonyl (C=O) groups is 2. The third-order valence-electron chi connectivity index (χ3n) is 4.77. The Bertz CT molecular complexity index is 1120. The number of rotatable bonds is 9. The first-order chi connectivity index (χ1) is 15.3. The molecule has 0 unspecified atom stereocenters. The Morgan fingerprint density at radius 1 is 1.22 bits per heavy atom. The number of aromatic nitrogens is 3. The Morgan fingerprint density at radius 2 is 2.00 bits per heavy atom. The quantitative estimate of drug-likeness (QED) is 0.365. The monoisotopic (exact) mass is 474 g/mol. The predicted octanol–water partition coefficient (Wildman–Crippen LogP) is 4.29. The molecule has 8 nitrogen and oxygen atoms in total.